The third-order valence-electron chi connectivity index (χ3n) is 8.81. The number of benzene rings is 1. The van der Waals surface area contributed by atoms with Crippen LogP contribution in [-0.4, -0.2) is 65.5 Å². The predicted molar refractivity (Wildman–Crippen MR) is 104 cm³/mol. The molecule has 6 heteroatoms. The van der Waals surface area contributed by atoms with Gasteiger partial charge in [-0.25, -0.2) is 0 Å². The van der Waals surface area contributed by atoms with Gasteiger partial charge in [-0.15, -0.1) is 0 Å². The smallest absolute Gasteiger partial charge is 0.165 e. The summed E-state index contributed by atoms with van der Waals surface area (Å²) in [5.41, 5.74) is 1.02. The maximum atomic E-state index is 12.4. The number of phenols is 1. The molecule has 4 fully saturated rings. The molecule has 1 aromatic carbocycles. The Morgan fingerprint density at radius 3 is 2.72 bits per heavy atom. The zero-order valence-electron chi connectivity index (χ0n) is 16.7. The van der Waals surface area contributed by atoms with Gasteiger partial charge in [0.25, 0.3) is 0 Å². The minimum atomic E-state index is -0.827. The van der Waals surface area contributed by atoms with Crippen molar-refractivity contribution in [3.8, 4) is 11.5 Å². The van der Waals surface area contributed by atoms with Crippen molar-refractivity contribution in [3.63, 3.8) is 0 Å². The number of phenolic OH excluding ortho intramolecular Hbond substituents is 1. The molecule has 7 rings (SSSR count). The van der Waals surface area contributed by atoms with Crippen molar-refractivity contribution in [3.05, 3.63) is 23.3 Å². The van der Waals surface area contributed by atoms with Crippen LogP contribution in [0.5, 0.6) is 11.5 Å². The molecule has 2 saturated heterocycles. The van der Waals surface area contributed by atoms with Crippen LogP contribution in [0.2, 0.25) is 0 Å². The average Bonchev–Trinajstić information content (AvgIpc) is 3.22. The van der Waals surface area contributed by atoms with Crippen LogP contribution < -0.4 is 4.74 Å². The van der Waals surface area contributed by atoms with Crippen LogP contribution in [0, 0.1) is 11.8 Å². The molecular weight excluding hydrogens is 370 g/mol. The molecule has 0 amide bonds. The van der Waals surface area contributed by atoms with E-state index in [-0.39, 0.29) is 30.1 Å². The van der Waals surface area contributed by atoms with Gasteiger partial charge in [-0.05, 0) is 62.6 Å². The van der Waals surface area contributed by atoms with Gasteiger partial charge in [0.05, 0.1) is 24.2 Å². The minimum Gasteiger partial charge on any atom is -0.504 e. The van der Waals surface area contributed by atoms with Gasteiger partial charge < -0.3 is 24.4 Å². The molecule has 2 saturated carbocycles. The third kappa shape index (κ3) is 2.06. The second-order valence-electron chi connectivity index (χ2n) is 10.1. The summed E-state index contributed by atoms with van der Waals surface area (Å²) in [6.45, 7) is 3.32. The molecule has 2 N–H and O–H groups in total. The van der Waals surface area contributed by atoms with Crippen LogP contribution in [-0.2, 0) is 21.3 Å². The lowest BCUT2D eigenvalue weighted by molar-refractivity contribution is -0.224. The molecule has 3 aliphatic heterocycles. The van der Waals surface area contributed by atoms with Crippen LogP contribution in [0.1, 0.15) is 43.2 Å². The fourth-order valence-corrected chi connectivity index (χ4v) is 7.42. The maximum Gasteiger partial charge on any atom is 0.165 e. The molecule has 3 heterocycles. The summed E-state index contributed by atoms with van der Waals surface area (Å²) in [5.74, 6) is 1.67. The highest BCUT2D eigenvalue weighted by Crippen LogP contribution is 2.67. The van der Waals surface area contributed by atoms with Crippen molar-refractivity contribution in [1.82, 2.24) is 4.90 Å². The highest BCUT2D eigenvalue weighted by atomic mass is 16.7. The fourth-order valence-electron chi connectivity index (χ4n) is 7.42. The number of ether oxygens (including phenoxy) is 3. The lowest BCUT2D eigenvalue weighted by Gasteiger charge is -2.64. The van der Waals surface area contributed by atoms with E-state index in [1.54, 1.807) is 6.07 Å². The minimum absolute atomic E-state index is 0.0751. The first-order valence-electron chi connectivity index (χ1n) is 11.3. The second kappa shape index (κ2) is 5.67. The molecule has 6 aliphatic rings. The number of likely N-dealkylation sites (tertiary alicyclic amines) is 1. The normalized spacial score (nSPS) is 43.3. The summed E-state index contributed by atoms with van der Waals surface area (Å²) >= 11 is 0. The average molecular weight is 399 g/mol. The Kier molecular flexibility index (Phi) is 3.39. The summed E-state index contributed by atoms with van der Waals surface area (Å²) in [6, 6.07) is 3.95. The first-order chi connectivity index (χ1) is 14.1. The van der Waals surface area contributed by atoms with E-state index in [4.69, 9.17) is 14.2 Å². The van der Waals surface area contributed by atoms with Crippen molar-refractivity contribution in [2.45, 2.75) is 68.0 Å². The van der Waals surface area contributed by atoms with Gasteiger partial charge >= 0.3 is 0 Å². The summed E-state index contributed by atoms with van der Waals surface area (Å²) in [6.07, 6.45) is 5.43. The lowest BCUT2D eigenvalue weighted by Crippen LogP contribution is -2.77. The van der Waals surface area contributed by atoms with Crippen molar-refractivity contribution >= 4 is 0 Å². The van der Waals surface area contributed by atoms with Crippen molar-refractivity contribution in [2.75, 3.05) is 26.3 Å². The number of aliphatic hydroxyl groups is 1. The largest absolute Gasteiger partial charge is 0.504 e. The predicted octanol–water partition coefficient (Wildman–Crippen LogP) is 1.95. The van der Waals surface area contributed by atoms with Gasteiger partial charge in [-0.2, -0.15) is 0 Å². The van der Waals surface area contributed by atoms with E-state index in [9.17, 15) is 10.2 Å². The van der Waals surface area contributed by atoms with Gasteiger partial charge in [-0.1, -0.05) is 6.07 Å². The topological polar surface area (TPSA) is 71.4 Å². The zero-order chi connectivity index (χ0) is 19.4. The summed E-state index contributed by atoms with van der Waals surface area (Å²) in [7, 11) is 0. The number of nitrogens with zero attached hydrogens (tertiary/aromatic N) is 1. The van der Waals surface area contributed by atoms with Crippen LogP contribution in [0.15, 0.2) is 12.1 Å². The van der Waals surface area contributed by atoms with Crippen molar-refractivity contribution in [1.29, 1.82) is 0 Å². The Morgan fingerprint density at radius 2 is 1.93 bits per heavy atom. The van der Waals surface area contributed by atoms with Crippen molar-refractivity contribution < 1.29 is 24.4 Å². The van der Waals surface area contributed by atoms with Crippen LogP contribution in [0.3, 0.4) is 0 Å². The van der Waals surface area contributed by atoms with E-state index in [1.807, 2.05) is 0 Å². The van der Waals surface area contributed by atoms with Crippen LogP contribution >= 0.6 is 0 Å². The van der Waals surface area contributed by atoms with Gasteiger partial charge in [-0.3, -0.25) is 4.90 Å². The Hall–Kier alpha value is -1.34. The Labute approximate surface area is 170 Å². The van der Waals surface area contributed by atoms with Crippen LogP contribution in [0.25, 0.3) is 0 Å². The Morgan fingerprint density at radius 1 is 1.10 bits per heavy atom. The molecule has 2 unspecified atom stereocenters. The monoisotopic (exact) mass is 399 g/mol. The molecule has 3 aliphatic carbocycles. The summed E-state index contributed by atoms with van der Waals surface area (Å²) in [5, 5.41) is 23.0. The number of aromatic hydroxyl groups is 1. The highest BCUT2D eigenvalue weighted by Gasteiger charge is 2.73. The SMILES string of the molecule is Oc1ccc2c3c1O[C@H]1C(C4OCCO4)CCC4(O)[C@@H](C2)N(CC2CC2)CC[C@]314. The summed E-state index contributed by atoms with van der Waals surface area (Å²) < 4.78 is 18.4. The van der Waals surface area contributed by atoms with E-state index in [0.29, 0.717) is 19.0 Å². The molecule has 1 spiro atoms. The van der Waals surface area contributed by atoms with E-state index >= 15 is 0 Å². The number of hydrogen-bond donors (Lipinski definition) is 2. The van der Waals surface area contributed by atoms with Gasteiger partial charge in [0.2, 0.25) is 0 Å². The fraction of sp³-hybridized carbons (Fsp3) is 0.739. The maximum absolute atomic E-state index is 12.4. The standard InChI is InChI=1S/C23H29NO5/c25-16-4-3-14-11-17-23(26)6-5-15(21-27-9-10-28-21)20-22(23,18(14)19(16)29-20)7-8-24(17)12-13-1-2-13/h3-4,13,15,17,20-21,25-26H,1-2,5-12H2/t15?,17-,20+,22+,23?/m1/s1. The van der Waals surface area contributed by atoms with Crippen LogP contribution in [0.4, 0.5) is 0 Å². The Bertz CT molecular complexity index is 865. The molecule has 2 bridgehead atoms. The third-order valence-corrected chi connectivity index (χ3v) is 8.81. The van der Waals surface area contributed by atoms with E-state index in [1.165, 1.54) is 18.4 Å². The first kappa shape index (κ1) is 17.4. The van der Waals surface area contributed by atoms with E-state index < -0.39 is 11.0 Å². The quantitative estimate of drug-likeness (QED) is 0.810. The molecule has 1 aromatic rings. The molecule has 5 atom stereocenters. The molecule has 156 valence electrons. The van der Waals surface area contributed by atoms with Gasteiger partial charge in [0, 0.05) is 24.1 Å². The molecule has 6 nitrogen and oxygen atoms in total. The van der Waals surface area contributed by atoms with E-state index in [0.717, 1.165) is 50.3 Å². The zero-order valence-corrected chi connectivity index (χ0v) is 16.7. The van der Waals surface area contributed by atoms with Gasteiger partial charge in [0.1, 0.15) is 6.10 Å². The Balaban J connectivity index is 1.39. The first-order valence-corrected chi connectivity index (χ1v) is 11.3. The number of rotatable bonds is 3. The summed E-state index contributed by atoms with van der Waals surface area (Å²) in [4.78, 5) is 2.57. The van der Waals surface area contributed by atoms with Gasteiger partial charge in [0.15, 0.2) is 17.8 Å². The van der Waals surface area contributed by atoms with E-state index in [2.05, 4.69) is 11.0 Å². The van der Waals surface area contributed by atoms with Crippen molar-refractivity contribution in [2.24, 2.45) is 11.8 Å². The molecule has 0 radical (unpaired) electrons. The lowest BCUT2D eigenvalue weighted by atomic mass is 9.47. The molecule has 0 aromatic heterocycles. The number of piperidine rings is 1. The molecule has 29 heavy (non-hydrogen) atoms. The second-order valence-corrected chi connectivity index (χ2v) is 10.1. The highest BCUT2D eigenvalue weighted by molar-refractivity contribution is 5.62. The molecular formula is C23H29NO5. The number of hydrogen-bond acceptors (Lipinski definition) is 6.